The lowest BCUT2D eigenvalue weighted by atomic mass is 9.95. The normalized spacial score (nSPS) is 12.3. The third-order valence-corrected chi connectivity index (χ3v) is 3.05. The molecule has 1 aromatic rings. The van der Waals surface area contributed by atoms with Gasteiger partial charge in [-0.3, -0.25) is 4.79 Å². The summed E-state index contributed by atoms with van der Waals surface area (Å²) in [4.78, 5) is 13.8. The molecule has 1 unspecified atom stereocenters. The number of rotatable bonds is 6. The first-order valence-corrected chi connectivity index (χ1v) is 6.70. The molecule has 0 saturated carbocycles. The zero-order chi connectivity index (χ0) is 14.4. The van der Waals surface area contributed by atoms with E-state index in [4.69, 9.17) is 5.73 Å². The Morgan fingerprint density at radius 3 is 2.26 bits per heavy atom. The Morgan fingerprint density at radius 2 is 1.84 bits per heavy atom. The first-order chi connectivity index (χ1) is 8.93. The molecule has 0 radical (unpaired) electrons. The number of amides is 1. The van der Waals surface area contributed by atoms with E-state index in [1.165, 1.54) is 0 Å². The van der Waals surface area contributed by atoms with Gasteiger partial charge in [-0.25, -0.2) is 0 Å². The zero-order valence-corrected chi connectivity index (χ0v) is 12.3. The summed E-state index contributed by atoms with van der Waals surface area (Å²) in [5.41, 5.74) is 8.05. The van der Waals surface area contributed by atoms with E-state index >= 15 is 0 Å². The minimum absolute atomic E-state index is 0.0575. The van der Waals surface area contributed by atoms with E-state index in [2.05, 4.69) is 29.6 Å². The molecule has 1 rings (SSSR count). The smallest absolute Gasteiger partial charge is 0.220 e. The number of carbonyl (C=O) groups is 1. The summed E-state index contributed by atoms with van der Waals surface area (Å²) in [6, 6.07) is 8.38. The summed E-state index contributed by atoms with van der Waals surface area (Å²) in [7, 11) is 4.01. The predicted molar refractivity (Wildman–Crippen MR) is 80.5 cm³/mol. The number of carbonyl (C=O) groups excluding carboxylic acids is 1. The van der Waals surface area contributed by atoms with E-state index in [-0.39, 0.29) is 17.9 Å². The molecule has 0 aromatic heterocycles. The second kappa shape index (κ2) is 7.14. The Hall–Kier alpha value is -1.55. The highest BCUT2D eigenvalue weighted by Crippen LogP contribution is 2.21. The molecule has 19 heavy (non-hydrogen) atoms. The Balaban J connectivity index is 2.71. The third-order valence-electron chi connectivity index (χ3n) is 3.05. The summed E-state index contributed by atoms with van der Waals surface area (Å²) in [5, 5.41) is 2.90. The summed E-state index contributed by atoms with van der Waals surface area (Å²) in [6.45, 7) is 4.40. The van der Waals surface area contributed by atoms with Crippen LogP contribution in [0.1, 0.15) is 31.7 Å². The van der Waals surface area contributed by atoms with Crippen LogP contribution in [0.15, 0.2) is 24.3 Å². The van der Waals surface area contributed by atoms with E-state index < -0.39 is 0 Å². The molecule has 3 N–H and O–H groups in total. The second-order valence-electron chi connectivity index (χ2n) is 5.34. The number of nitrogens with one attached hydrogen (secondary N) is 1. The van der Waals surface area contributed by atoms with Gasteiger partial charge < -0.3 is 16.0 Å². The number of nitrogens with zero attached hydrogens (tertiary/aromatic N) is 1. The SMILES string of the molecule is CC(C)NC(=O)CC(CN)c1ccc(N(C)C)cc1. The van der Waals surface area contributed by atoms with Crippen LogP contribution in [0.3, 0.4) is 0 Å². The van der Waals surface area contributed by atoms with E-state index in [0.717, 1.165) is 11.3 Å². The fraction of sp³-hybridized carbons (Fsp3) is 0.533. The maximum atomic E-state index is 11.8. The highest BCUT2D eigenvalue weighted by Gasteiger charge is 2.15. The summed E-state index contributed by atoms with van der Waals surface area (Å²) in [5.74, 6) is 0.136. The lowest BCUT2D eigenvalue weighted by Crippen LogP contribution is -2.32. The molecule has 0 heterocycles. The van der Waals surface area contributed by atoms with Crippen molar-refractivity contribution in [3.63, 3.8) is 0 Å². The Kier molecular flexibility index (Phi) is 5.83. The molecule has 0 bridgehead atoms. The Morgan fingerprint density at radius 1 is 1.26 bits per heavy atom. The Bertz CT molecular complexity index is 398. The molecule has 1 aromatic carbocycles. The van der Waals surface area contributed by atoms with E-state index in [1.807, 2.05) is 32.8 Å². The van der Waals surface area contributed by atoms with Crippen LogP contribution in [0.4, 0.5) is 5.69 Å². The lowest BCUT2D eigenvalue weighted by molar-refractivity contribution is -0.121. The maximum Gasteiger partial charge on any atom is 0.220 e. The van der Waals surface area contributed by atoms with Gasteiger partial charge in [0.25, 0.3) is 0 Å². The van der Waals surface area contributed by atoms with Crippen molar-refractivity contribution < 1.29 is 4.79 Å². The molecule has 0 spiro atoms. The first-order valence-electron chi connectivity index (χ1n) is 6.70. The van der Waals surface area contributed by atoms with Crippen molar-refractivity contribution in [1.82, 2.24) is 5.32 Å². The van der Waals surface area contributed by atoms with Gasteiger partial charge in [-0.15, -0.1) is 0 Å². The van der Waals surface area contributed by atoms with Gasteiger partial charge in [-0.05, 0) is 38.1 Å². The van der Waals surface area contributed by atoms with Crippen LogP contribution in [0.25, 0.3) is 0 Å². The van der Waals surface area contributed by atoms with Crippen molar-refractivity contribution in [2.75, 3.05) is 25.5 Å². The maximum absolute atomic E-state index is 11.8. The standard InChI is InChI=1S/C15H25N3O/c1-11(2)17-15(19)9-13(10-16)12-5-7-14(8-6-12)18(3)4/h5-8,11,13H,9-10,16H2,1-4H3,(H,17,19). The molecule has 106 valence electrons. The Labute approximate surface area is 116 Å². The van der Waals surface area contributed by atoms with Gasteiger partial charge in [0, 0.05) is 38.2 Å². The van der Waals surface area contributed by atoms with Crippen molar-refractivity contribution in [1.29, 1.82) is 0 Å². The quantitative estimate of drug-likeness (QED) is 0.821. The molecule has 1 amide bonds. The van der Waals surface area contributed by atoms with Crippen molar-refractivity contribution in [3.05, 3.63) is 29.8 Å². The minimum atomic E-state index is 0.0575. The third kappa shape index (κ3) is 4.91. The topological polar surface area (TPSA) is 58.4 Å². The first kappa shape index (κ1) is 15.5. The van der Waals surface area contributed by atoms with Crippen LogP contribution in [0.2, 0.25) is 0 Å². The largest absolute Gasteiger partial charge is 0.378 e. The van der Waals surface area contributed by atoms with E-state index in [0.29, 0.717) is 13.0 Å². The molecule has 4 heteroatoms. The average Bonchev–Trinajstić information content (AvgIpc) is 2.35. The van der Waals surface area contributed by atoms with Crippen molar-refractivity contribution in [2.45, 2.75) is 32.2 Å². The van der Waals surface area contributed by atoms with E-state index in [1.54, 1.807) is 0 Å². The molecule has 4 nitrogen and oxygen atoms in total. The van der Waals surface area contributed by atoms with Crippen LogP contribution in [-0.2, 0) is 4.79 Å². The molecule has 0 aliphatic rings. The molecule has 1 atom stereocenters. The van der Waals surface area contributed by atoms with Gasteiger partial charge in [0.2, 0.25) is 5.91 Å². The monoisotopic (exact) mass is 263 g/mol. The summed E-state index contributed by atoms with van der Waals surface area (Å²) in [6.07, 6.45) is 0.440. The summed E-state index contributed by atoms with van der Waals surface area (Å²) < 4.78 is 0. The zero-order valence-electron chi connectivity index (χ0n) is 12.3. The van der Waals surface area contributed by atoms with Crippen LogP contribution >= 0.6 is 0 Å². The number of nitrogens with two attached hydrogens (primary N) is 1. The average molecular weight is 263 g/mol. The van der Waals surface area contributed by atoms with Gasteiger partial charge >= 0.3 is 0 Å². The number of hydrogen-bond acceptors (Lipinski definition) is 3. The predicted octanol–water partition coefficient (Wildman–Crippen LogP) is 1.71. The van der Waals surface area contributed by atoms with Gasteiger partial charge in [-0.2, -0.15) is 0 Å². The van der Waals surface area contributed by atoms with E-state index in [9.17, 15) is 4.79 Å². The molecular formula is C15H25N3O. The van der Waals surface area contributed by atoms with Gasteiger partial charge in [-0.1, -0.05) is 12.1 Å². The van der Waals surface area contributed by atoms with Crippen molar-refractivity contribution in [3.8, 4) is 0 Å². The molecule has 0 fully saturated rings. The number of hydrogen-bond donors (Lipinski definition) is 2. The van der Waals surface area contributed by atoms with Crippen LogP contribution in [-0.4, -0.2) is 32.6 Å². The molecular weight excluding hydrogens is 238 g/mol. The second-order valence-corrected chi connectivity index (χ2v) is 5.34. The fourth-order valence-electron chi connectivity index (χ4n) is 1.99. The fourth-order valence-corrected chi connectivity index (χ4v) is 1.99. The van der Waals surface area contributed by atoms with Crippen LogP contribution in [0, 0.1) is 0 Å². The number of benzene rings is 1. The minimum Gasteiger partial charge on any atom is -0.378 e. The molecule has 0 aliphatic carbocycles. The van der Waals surface area contributed by atoms with Crippen molar-refractivity contribution >= 4 is 11.6 Å². The van der Waals surface area contributed by atoms with Gasteiger partial charge in [0.1, 0.15) is 0 Å². The highest BCUT2D eigenvalue weighted by molar-refractivity contribution is 5.77. The van der Waals surface area contributed by atoms with Crippen LogP contribution < -0.4 is 16.0 Å². The highest BCUT2D eigenvalue weighted by atomic mass is 16.1. The van der Waals surface area contributed by atoms with Crippen molar-refractivity contribution in [2.24, 2.45) is 5.73 Å². The summed E-state index contributed by atoms with van der Waals surface area (Å²) >= 11 is 0. The lowest BCUT2D eigenvalue weighted by Gasteiger charge is -2.18. The van der Waals surface area contributed by atoms with Gasteiger partial charge in [0.15, 0.2) is 0 Å². The molecule has 0 saturated heterocycles. The number of anilines is 1. The van der Waals surface area contributed by atoms with Gasteiger partial charge in [0.05, 0.1) is 0 Å². The van der Waals surface area contributed by atoms with Crippen LogP contribution in [0.5, 0.6) is 0 Å². The molecule has 0 aliphatic heterocycles.